The van der Waals surface area contributed by atoms with Gasteiger partial charge >= 0.3 is 0 Å². The first kappa shape index (κ1) is 13.9. The highest BCUT2D eigenvalue weighted by molar-refractivity contribution is 5.38. The molecule has 1 aliphatic carbocycles. The zero-order chi connectivity index (χ0) is 14.5. The lowest BCUT2D eigenvalue weighted by Gasteiger charge is -2.25. The number of nitrogens with one attached hydrogen (secondary N) is 1. The number of anilines is 1. The molecule has 110 valence electrons. The monoisotopic (exact) mass is 283 g/mol. The smallest absolute Gasteiger partial charge is 0.219 e. The highest BCUT2D eigenvalue weighted by atomic mass is 16.5. The van der Waals surface area contributed by atoms with Crippen LogP contribution in [0.5, 0.6) is 5.88 Å². The summed E-state index contributed by atoms with van der Waals surface area (Å²) < 4.78 is 6.11. The fourth-order valence-electron chi connectivity index (χ4n) is 2.73. The Kier molecular flexibility index (Phi) is 4.34. The van der Waals surface area contributed by atoms with Crippen LogP contribution in [0.1, 0.15) is 43.4 Å². The van der Waals surface area contributed by atoms with Crippen LogP contribution in [0, 0.1) is 0 Å². The van der Waals surface area contributed by atoms with Crippen molar-refractivity contribution < 1.29 is 4.74 Å². The van der Waals surface area contributed by atoms with Crippen LogP contribution in [0.25, 0.3) is 0 Å². The van der Waals surface area contributed by atoms with E-state index in [1.165, 1.54) is 11.1 Å². The van der Waals surface area contributed by atoms with Crippen molar-refractivity contribution in [2.45, 2.75) is 38.7 Å². The summed E-state index contributed by atoms with van der Waals surface area (Å²) in [6, 6.07) is 10.4. The van der Waals surface area contributed by atoms with E-state index in [1.54, 1.807) is 6.33 Å². The van der Waals surface area contributed by atoms with Crippen molar-refractivity contribution in [2.75, 3.05) is 11.9 Å². The summed E-state index contributed by atoms with van der Waals surface area (Å²) >= 11 is 0. The number of rotatable bonds is 5. The molecule has 1 N–H and O–H groups in total. The quantitative estimate of drug-likeness (QED) is 0.907. The normalized spacial score (nSPS) is 17.1. The third kappa shape index (κ3) is 3.32. The first-order valence-electron chi connectivity index (χ1n) is 7.67. The molecule has 0 saturated heterocycles. The number of aromatic nitrogens is 2. The van der Waals surface area contributed by atoms with Crippen molar-refractivity contribution in [1.29, 1.82) is 0 Å². The van der Waals surface area contributed by atoms with Gasteiger partial charge in [0.1, 0.15) is 18.2 Å². The standard InChI is InChI=1S/C17H21N3O/c1-2-10-18-16-11-17(20-12-19-16)21-15-9-5-7-13-6-3-4-8-14(13)15/h3-4,6,8,11-12,15H,2,5,7,9-10H2,1H3,(H,18,19,20). The summed E-state index contributed by atoms with van der Waals surface area (Å²) in [5, 5.41) is 3.26. The van der Waals surface area contributed by atoms with Gasteiger partial charge < -0.3 is 10.1 Å². The lowest BCUT2D eigenvalue weighted by molar-refractivity contribution is 0.175. The fraction of sp³-hybridized carbons (Fsp3) is 0.412. The summed E-state index contributed by atoms with van der Waals surface area (Å²) in [6.45, 7) is 3.03. The van der Waals surface area contributed by atoms with E-state index in [2.05, 4.69) is 46.5 Å². The molecule has 0 bridgehead atoms. The van der Waals surface area contributed by atoms with E-state index in [0.717, 1.165) is 38.0 Å². The molecular weight excluding hydrogens is 262 g/mol. The molecule has 0 spiro atoms. The van der Waals surface area contributed by atoms with E-state index in [4.69, 9.17) is 4.74 Å². The average molecular weight is 283 g/mol. The van der Waals surface area contributed by atoms with Crippen molar-refractivity contribution >= 4 is 5.82 Å². The van der Waals surface area contributed by atoms with Crippen LogP contribution >= 0.6 is 0 Å². The van der Waals surface area contributed by atoms with Crippen LogP contribution in [0.3, 0.4) is 0 Å². The molecule has 4 heteroatoms. The lowest BCUT2D eigenvalue weighted by Crippen LogP contribution is -2.15. The number of hydrogen-bond donors (Lipinski definition) is 1. The molecule has 1 atom stereocenters. The molecule has 1 aromatic carbocycles. The highest BCUT2D eigenvalue weighted by Crippen LogP contribution is 2.33. The number of ether oxygens (including phenoxy) is 1. The Balaban J connectivity index is 1.75. The predicted molar refractivity (Wildman–Crippen MR) is 83.6 cm³/mol. The van der Waals surface area contributed by atoms with Gasteiger partial charge in [-0.2, -0.15) is 0 Å². The Bertz CT molecular complexity index is 600. The minimum atomic E-state index is 0.101. The molecule has 1 unspecified atom stereocenters. The van der Waals surface area contributed by atoms with Gasteiger partial charge in [0.15, 0.2) is 0 Å². The number of hydrogen-bond acceptors (Lipinski definition) is 4. The summed E-state index contributed by atoms with van der Waals surface area (Å²) in [6.07, 6.45) is 6.07. The number of fused-ring (bicyclic) bond motifs is 1. The maximum Gasteiger partial charge on any atom is 0.219 e. The van der Waals surface area contributed by atoms with Crippen LogP contribution in [0.4, 0.5) is 5.82 Å². The molecular formula is C17H21N3O. The van der Waals surface area contributed by atoms with Gasteiger partial charge in [0.2, 0.25) is 5.88 Å². The number of benzene rings is 1. The molecule has 1 heterocycles. The van der Waals surface area contributed by atoms with Gasteiger partial charge in [-0.1, -0.05) is 31.2 Å². The summed E-state index contributed by atoms with van der Waals surface area (Å²) in [5.41, 5.74) is 2.69. The van der Waals surface area contributed by atoms with Crippen LogP contribution in [0.2, 0.25) is 0 Å². The largest absolute Gasteiger partial charge is 0.469 e. The van der Waals surface area contributed by atoms with Crippen molar-refractivity contribution in [3.8, 4) is 5.88 Å². The second kappa shape index (κ2) is 6.57. The molecule has 1 aromatic heterocycles. The van der Waals surface area contributed by atoms with Gasteiger partial charge in [-0.25, -0.2) is 9.97 Å². The topological polar surface area (TPSA) is 47.0 Å². The van der Waals surface area contributed by atoms with E-state index in [-0.39, 0.29) is 6.10 Å². The van der Waals surface area contributed by atoms with Crippen molar-refractivity contribution in [2.24, 2.45) is 0 Å². The number of nitrogens with zero attached hydrogens (tertiary/aromatic N) is 2. The molecule has 0 aliphatic heterocycles. The van der Waals surface area contributed by atoms with E-state index < -0.39 is 0 Å². The van der Waals surface area contributed by atoms with Gasteiger partial charge in [-0.3, -0.25) is 0 Å². The van der Waals surface area contributed by atoms with E-state index in [1.807, 2.05) is 6.07 Å². The Morgan fingerprint density at radius 2 is 2.19 bits per heavy atom. The van der Waals surface area contributed by atoms with E-state index in [9.17, 15) is 0 Å². The average Bonchev–Trinajstić information content (AvgIpc) is 2.54. The summed E-state index contributed by atoms with van der Waals surface area (Å²) in [4.78, 5) is 8.45. The Morgan fingerprint density at radius 3 is 3.10 bits per heavy atom. The first-order valence-corrected chi connectivity index (χ1v) is 7.67. The van der Waals surface area contributed by atoms with Crippen molar-refractivity contribution in [1.82, 2.24) is 9.97 Å². The van der Waals surface area contributed by atoms with Gasteiger partial charge in [-0.05, 0) is 36.8 Å². The Morgan fingerprint density at radius 1 is 1.29 bits per heavy atom. The van der Waals surface area contributed by atoms with Gasteiger partial charge in [-0.15, -0.1) is 0 Å². The maximum absolute atomic E-state index is 6.11. The Labute approximate surface area is 125 Å². The summed E-state index contributed by atoms with van der Waals surface area (Å²) in [7, 11) is 0. The van der Waals surface area contributed by atoms with E-state index >= 15 is 0 Å². The second-order valence-electron chi connectivity index (χ2n) is 5.37. The minimum absolute atomic E-state index is 0.101. The SMILES string of the molecule is CCCNc1cc(OC2CCCc3ccccc32)ncn1. The van der Waals surface area contributed by atoms with Crippen LogP contribution in [-0.4, -0.2) is 16.5 Å². The molecule has 4 nitrogen and oxygen atoms in total. The second-order valence-corrected chi connectivity index (χ2v) is 5.37. The number of aryl methyl sites for hydroxylation is 1. The zero-order valence-electron chi connectivity index (χ0n) is 12.4. The fourth-order valence-corrected chi connectivity index (χ4v) is 2.73. The van der Waals surface area contributed by atoms with Gasteiger partial charge in [0, 0.05) is 12.6 Å². The molecule has 3 rings (SSSR count). The van der Waals surface area contributed by atoms with Crippen molar-refractivity contribution in [3.63, 3.8) is 0 Å². The molecule has 21 heavy (non-hydrogen) atoms. The molecule has 1 aliphatic rings. The maximum atomic E-state index is 6.11. The third-order valence-electron chi connectivity index (χ3n) is 3.78. The van der Waals surface area contributed by atoms with Crippen LogP contribution < -0.4 is 10.1 Å². The van der Waals surface area contributed by atoms with Gasteiger partial charge in [0.25, 0.3) is 0 Å². The minimum Gasteiger partial charge on any atom is -0.469 e. The third-order valence-corrected chi connectivity index (χ3v) is 3.78. The van der Waals surface area contributed by atoms with Gasteiger partial charge in [0.05, 0.1) is 0 Å². The van der Waals surface area contributed by atoms with Crippen LogP contribution in [0.15, 0.2) is 36.7 Å². The molecule has 2 aromatic rings. The van der Waals surface area contributed by atoms with Crippen molar-refractivity contribution in [3.05, 3.63) is 47.8 Å². The summed E-state index contributed by atoms with van der Waals surface area (Å²) in [5.74, 6) is 1.47. The Hall–Kier alpha value is -2.10. The first-order chi connectivity index (χ1) is 10.4. The lowest BCUT2D eigenvalue weighted by atomic mass is 9.89. The molecule has 0 radical (unpaired) electrons. The molecule has 0 saturated carbocycles. The highest BCUT2D eigenvalue weighted by Gasteiger charge is 2.21. The molecule has 0 fully saturated rings. The zero-order valence-corrected chi connectivity index (χ0v) is 12.4. The molecule has 0 amide bonds. The predicted octanol–water partition coefficient (Wildman–Crippen LogP) is 3.75. The van der Waals surface area contributed by atoms with Crippen LogP contribution in [-0.2, 0) is 6.42 Å². The van der Waals surface area contributed by atoms with E-state index in [0.29, 0.717) is 5.88 Å².